The molecule has 2 saturated carbocycles. The van der Waals surface area contributed by atoms with Crippen LogP contribution >= 0.6 is 0 Å². The number of hydrogen-bond donors (Lipinski definition) is 0. The highest BCUT2D eigenvalue weighted by Gasteiger charge is 2.34. The Balaban J connectivity index is 1.96. The monoisotopic (exact) mass is 166 g/mol. The Kier molecular flexibility index (Phi) is 2.20. The molecule has 2 fully saturated rings. The molecule has 0 bridgehead atoms. The van der Waals surface area contributed by atoms with E-state index in [-0.39, 0.29) is 0 Å². The van der Waals surface area contributed by atoms with Gasteiger partial charge in [-0.05, 0) is 38.0 Å². The first kappa shape index (κ1) is 8.28. The van der Waals surface area contributed by atoms with Gasteiger partial charge in [0.15, 0.2) is 0 Å². The molecular formula is C11H18O. The lowest BCUT2D eigenvalue weighted by Gasteiger charge is -2.30. The SMILES string of the molecule is CC(=O)[C@H]1CC[C@@H]2CCC[C@H]2C1. The Morgan fingerprint density at radius 3 is 2.58 bits per heavy atom. The van der Waals surface area contributed by atoms with Gasteiger partial charge in [0, 0.05) is 5.92 Å². The molecule has 0 spiro atoms. The van der Waals surface area contributed by atoms with Crippen molar-refractivity contribution in [1.82, 2.24) is 0 Å². The fourth-order valence-corrected chi connectivity index (χ4v) is 3.07. The molecule has 0 aromatic heterocycles. The third kappa shape index (κ3) is 1.41. The van der Waals surface area contributed by atoms with E-state index in [1.807, 2.05) is 0 Å². The molecule has 0 unspecified atom stereocenters. The summed E-state index contributed by atoms with van der Waals surface area (Å²) < 4.78 is 0. The number of fused-ring (bicyclic) bond motifs is 1. The van der Waals surface area contributed by atoms with E-state index in [0.29, 0.717) is 11.7 Å². The zero-order chi connectivity index (χ0) is 8.55. The second-order valence-corrected chi connectivity index (χ2v) is 4.57. The van der Waals surface area contributed by atoms with Gasteiger partial charge in [-0.2, -0.15) is 0 Å². The molecular weight excluding hydrogens is 148 g/mol. The first-order chi connectivity index (χ1) is 5.77. The minimum absolute atomic E-state index is 0.421. The number of ketones is 1. The van der Waals surface area contributed by atoms with Crippen LogP contribution in [0, 0.1) is 17.8 Å². The highest BCUT2D eigenvalue weighted by molar-refractivity contribution is 5.78. The van der Waals surface area contributed by atoms with Crippen LogP contribution in [-0.2, 0) is 4.79 Å². The summed E-state index contributed by atoms with van der Waals surface area (Å²) in [6, 6.07) is 0. The Morgan fingerprint density at radius 2 is 1.83 bits per heavy atom. The van der Waals surface area contributed by atoms with Crippen molar-refractivity contribution in [3.05, 3.63) is 0 Å². The Labute approximate surface area is 74.5 Å². The average Bonchev–Trinajstić information content (AvgIpc) is 2.49. The molecule has 2 aliphatic carbocycles. The molecule has 0 radical (unpaired) electrons. The van der Waals surface area contributed by atoms with Crippen LogP contribution in [0.5, 0.6) is 0 Å². The summed E-state index contributed by atoms with van der Waals surface area (Å²) in [7, 11) is 0. The molecule has 0 aromatic carbocycles. The first-order valence-corrected chi connectivity index (χ1v) is 5.28. The maximum absolute atomic E-state index is 11.2. The number of hydrogen-bond acceptors (Lipinski definition) is 1. The van der Waals surface area contributed by atoms with Gasteiger partial charge in [0.05, 0.1) is 0 Å². The zero-order valence-corrected chi connectivity index (χ0v) is 7.88. The summed E-state index contributed by atoms with van der Waals surface area (Å²) in [5.74, 6) is 2.75. The van der Waals surface area contributed by atoms with E-state index >= 15 is 0 Å². The summed E-state index contributed by atoms with van der Waals surface area (Å²) in [6.07, 6.45) is 7.97. The van der Waals surface area contributed by atoms with Gasteiger partial charge in [-0.3, -0.25) is 4.79 Å². The van der Waals surface area contributed by atoms with Crippen LogP contribution in [0.1, 0.15) is 45.4 Å². The summed E-state index contributed by atoms with van der Waals surface area (Å²) in [5.41, 5.74) is 0. The van der Waals surface area contributed by atoms with Gasteiger partial charge in [-0.25, -0.2) is 0 Å². The van der Waals surface area contributed by atoms with E-state index < -0.39 is 0 Å². The van der Waals surface area contributed by atoms with Crippen LogP contribution in [-0.4, -0.2) is 5.78 Å². The second-order valence-electron chi connectivity index (χ2n) is 4.57. The standard InChI is InChI=1S/C11H18O/c1-8(12)10-6-5-9-3-2-4-11(9)7-10/h9-11H,2-7H2,1H3/t9-,10-,11-/m0/s1. The molecule has 0 aliphatic heterocycles. The highest BCUT2D eigenvalue weighted by Crippen LogP contribution is 2.44. The lowest BCUT2D eigenvalue weighted by molar-refractivity contribution is -0.122. The topological polar surface area (TPSA) is 17.1 Å². The minimum Gasteiger partial charge on any atom is -0.300 e. The fourth-order valence-electron chi connectivity index (χ4n) is 3.07. The summed E-state index contributed by atoms with van der Waals surface area (Å²) in [5, 5.41) is 0. The lowest BCUT2D eigenvalue weighted by atomic mass is 9.75. The van der Waals surface area contributed by atoms with Crippen molar-refractivity contribution in [2.75, 3.05) is 0 Å². The van der Waals surface area contributed by atoms with Gasteiger partial charge >= 0.3 is 0 Å². The molecule has 12 heavy (non-hydrogen) atoms. The van der Waals surface area contributed by atoms with Crippen LogP contribution < -0.4 is 0 Å². The molecule has 0 amide bonds. The maximum Gasteiger partial charge on any atom is 0.132 e. The smallest absolute Gasteiger partial charge is 0.132 e. The average molecular weight is 166 g/mol. The van der Waals surface area contributed by atoms with E-state index in [4.69, 9.17) is 0 Å². The van der Waals surface area contributed by atoms with E-state index in [9.17, 15) is 4.79 Å². The fraction of sp³-hybridized carbons (Fsp3) is 0.909. The van der Waals surface area contributed by atoms with Crippen LogP contribution in [0.2, 0.25) is 0 Å². The van der Waals surface area contributed by atoms with Crippen LogP contribution in [0.4, 0.5) is 0 Å². The third-order valence-corrected chi connectivity index (χ3v) is 3.86. The van der Waals surface area contributed by atoms with E-state index in [0.717, 1.165) is 11.8 Å². The van der Waals surface area contributed by atoms with E-state index in [1.54, 1.807) is 6.92 Å². The summed E-state index contributed by atoms with van der Waals surface area (Å²) in [4.78, 5) is 11.2. The van der Waals surface area contributed by atoms with Crippen LogP contribution in [0.15, 0.2) is 0 Å². The normalized spacial score (nSPS) is 40.9. The number of carbonyl (C=O) groups is 1. The predicted octanol–water partition coefficient (Wildman–Crippen LogP) is 2.79. The molecule has 0 aromatic rings. The summed E-state index contributed by atoms with van der Waals surface area (Å²) in [6.45, 7) is 1.76. The maximum atomic E-state index is 11.2. The molecule has 3 atom stereocenters. The largest absolute Gasteiger partial charge is 0.300 e. The Hall–Kier alpha value is -0.330. The first-order valence-electron chi connectivity index (χ1n) is 5.28. The van der Waals surface area contributed by atoms with Crippen molar-refractivity contribution in [2.24, 2.45) is 17.8 Å². The van der Waals surface area contributed by atoms with Gasteiger partial charge < -0.3 is 0 Å². The van der Waals surface area contributed by atoms with Crippen molar-refractivity contribution in [3.8, 4) is 0 Å². The lowest BCUT2D eigenvalue weighted by Crippen LogP contribution is -2.24. The van der Waals surface area contributed by atoms with Crippen molar-refractivity contribution >= 4 is 5.78 Å². The predicted molar refractivity (Wildman–Crippen MR) is 48.9 cm³/mol. The van der Waals surface area contributed by atoms with Crippen molar-refractivity contribution in [1.29, 1.82) is 0 Å². The minimum atomic E-state index is 0.421. The van der Waals surface area contributed by atoms with Gasteiger partial charge in [0.25, 0.3) is 0 Å². The molecule has 2 aliphatic rings. The van der Waals surface area contributed by atoms with Crippen LogP contribution in [0.3, 0.4) is 0 Å². The Morgan fingerprint density at radius 1 is 1.08 bits per heavy atom. The Bertz CT molecular complexity index is 185. The summed E-state index contributed by atoms with van der Waals surface area (Å²) >= 11 is 0. The molecule has 68 valence electrons. The molecule has 1 heteroatoms. The van der Waals surface area contributed by atoms with Gasteiger partial charge in [-0.15, -0.1) is 0 Å². The highest BCUT2D eigenvalue weighted by atomic mass is 16.1. The van der Waals surface area contributed by atoms with Crippen molar-refractivity contribution in [3.63, 3.8) is 0 Å². The number of rotatable bonds is 1. The van der Waals surface area contributed by atoms with E-state index in [1.165, 1.54) is 38.5 Å². The third-order valence-electron chi connectivity index (χ3n) is 3.86. The number of carbonyl (C=O) groups excluding carboxylic acids is 1. The molecule has 0 heterocycles. The van der Waals surface area contributed by atoms with Crippen molar-refractivity contribution < 1.29 is 4.79 Å². The molecule has 2 rings (SSSR count). The zero-order valence-electron chi connectivity index (χ0n) is 7.88. The quantitative estimate of drug-likeness (QED) is 0.585. The number of Topliss-reactive ketones (excluding diaryl/α,β-unsaturated/α-hetero) is 1. The molecule has 1 nitrogen and oxygen atoms in total. The molecule has 0 N–H and O–H groups in total. The van der Waals surface area contributed by atoms with Crippen LogP contribution in [0.25, 0.3) is 0 Å². The van der Waals surface area contributed by atoms with Gasteiger partial charge in [0.2, 0.25) is 0 Å². The van der Waals surface area contributed by atoms with Gasteiger partial charge in [-0.1, -0.05) is 19.3 Å². The van der Waals surface area contributed by atoms with Crippen molar-refractivity contribution in [2.45, 2.75) is 45.4 Å². The second kappa shape index (κ2) is 3.20. The van der Waals surface area contributed by atoms with Gasteiger partial charge in [0.1, 0.15) is 5.78 Å². The molecule has 0 saturated heterocycles. The van der Waals surface area contributed by atoms with E-state index in [2.05, 4.69) is 0 Å².